The maximum absolute atomic E-state index is 5.93. The van der Waals surface area contributed by atoms with Crippen LogP contribution in [0.2, 0.25) is 0 Å². The van der Waals surface area contributed by atoms with Gasteiger partial charge in [-0.2, -0.15) is 0 Å². The molecule has 0 bridgehead atoms. The molecule has 0 unspecified atom stereocenters. The molecule has 3 rings (SSSR count). The number of nitrogens with one attached hydrogen (secondary N) is 1. The van der Waals surface area contributed by atoms with Crippen LogP contribution in [-0.2, 0) is 6.54 Å². The third kappa shape index (κ3) is 5.43. The van der Waals surface area contributed by atoms with Crippen LogP contribution in [0.1, 0.15) is 5.01 Å². The van der Waals surface area contributed by atoms with Crippen LogP contribution in [0, 0.1) is 0 Å². The minimum Gasteiger partial charge on any atom is -0.497 e. The highest BCUT2D eigenvalue weighted by molar-refractivity contribution is 14.0. The summed E-state index contributed by atoms with van der Waals surface area (Å²) >= 11 is 1.58. The topological polar surface area (TPSA) is 72.5 Å². The fourth-order valence-corrected chi connectivity index (χ4v) is 2.87. The van der Waals surface area contributed by atoms with Crippen LogP contribution in [0.25, 0.3) is 11.3 Å². The molecule has 0 saturated heterocycles. The van der Waals surface area contributed by atoms with Crippen LogP contribution >= 0.6 is 35.3 Å². The molecule has 3 aromatic rings. The van der Waals surface area contributed by atoms with E-state index in [2.05, 4.69) is 15.3 Å². The number of aromatic nitrogens is 1. The third-order valence-electron chi connectivity index (χ3n) is 3.37. The van der Waals surface area contributed by atoms with Crippen LogP contribution in [0.15, 0.2) is 65.0 Å². The quantitative estimate of drug-likeness (QED) is 0.333. The molecule has 3 N–H and O–H groups in total. The van der Waals surface area contributed by atoms with Crippen LogP contribution in [0.3, 0.4) is 0 Å². The van der Waals surface area contributed by atoms with Crippen LogP contribution in [-0.4, -0.2) is 18.1 Å². The average Bonchev–Trinajstić information content (AvgIpc) is 3.10. The number of ether oxygens (including phenoxy) is 1. The Kier molecular flexibility index (Phi) is 7.20. The van der Waals surface area contributed by atoms with E-state index in [1.807, 2.05) is 60.0 Å². The van der Waals surface area contributed by atoms with Crippen molar-refractivity contribution in [2.24, 2.45) is 10.7 Å². The Morgan fingerprint density at radius 2 is 1.88 bits per heavy atom. The summed E-state index contributed by atoms with van der Waals surface area (Å²) in [6.45, 7) is 0.451. The van der Waals surface area contributed by atoms with Gasteiger partial charge in [0.1, 0.15) is 10.8 Å². The second kappa shape index (κ2) is 9.38. The number of hydrogen-bond acceptors (Lipinski definition) is 4. The Labute approximate surface area is 168 Å². The number of anilines is 1. The summed E-state index contributed by atoms with van der Waals surface area (Å²) in [6.07, 6.45) is 0. The predicted octanol–water partition coefficient (Wildman–Crippen LogP) is 4.36. The zero-order valence-electron chi connectivity index (χ0n) is 13.7. The van der Waals surface area contributed by atoms with Gasteiger partial charge < -0.3 is 15.8 Å². The summed E-state index contributed by atoms with van der Waals surface area (Å²) in [7, 11) is 1.63. The number of aliphatic imine (C=N–C) groups is 1. The Morgan fingerprint density at radius 1 is 1.16 bits per heavy atom. The number of guanidine groups is 1. The van der Waals surface area contributed by atoms with Gasteiger partial charge in [0.2, 0.25) is 0 Å². The first kappa shape index (κ1) is 19.2. The Hall–Kier alpha value is -2.13. The van der Waals surface area contributed by atoms with Gasteiger partial charge in [-0.15, -0.1) is 35.3 Å². The van der Waals surface area contributed by atoms with Gasteiger partial charge in [0, 0.05) is 16.6 Å². The SMILES string of the molecule is COc1ccc(NC(N)=NCc2nc(-c3ccccc3)cs2)cc1.I. The monoisotopic (exact) mass is 466 g/mol. The molecular weight excluding hydrogens is 447 g/mol. The highest BCUT2D eigenvalue weighted by Gasteiger charge is 2.04. The van der Waals surface area contributed by atoms with Gasteiger partial charge in [-0.05, 0) is 24.3 Å². The number of thiazole rings is 1. The molecule has 0 saturated carbocycles. The summed E-state index contributed by atoms with van der Waals surface area (Å²) in [4.78, 5) is 8.93. The maximum atomic E-state index is 5.93. The number of nitrogens with zero attached hydrogens (tertiary/aromatic N) is 2. The van der Waals surface area contributed by atoms with Crippen LogP contribution in [0.5, 0.6) is 5.75 Å². The molecule has 1 heterocycles. The van der Waals surface area contributed by atoms with E-state index in [1.54, 1.807) is 18.4 Å². The Balaban J connectivity index is 0.00000225. The first-order valence-electron chi connectivity index (χ1n) is 7.45. The van der Waals surface area contributed by atoms with E-state index in [-0.39, 0.29) is 24.0 Å². The highest BCUT2D eigenvalue weighted by atomic mass is 127. The van der Waals surface area contributed by atoms with Gasteiger partial charge in [-0.25, -0.2) is 9.98 Å². The van der Waals surface area contributed by atoms with Gasteiger partial charge in [0.15, 0.2) is 5.96 Å². The molecule has 0 aliphatic carbocycles. The summed E-state index contributed by atoms with van der Waals surface area (Å²) in [5.41, 5.74) is 8.86. The lowest BCUT2D eigenvalue weighted by molar-refractivity contribution is 0.415. The number of nitrogens with two attached hydrogens (primary N) is 1. The number of halogens is 1. The van der Waals surface area contributed by atoms with Crippen molar-refractivity contribution in [3.63, 3.8) is 0 Å². The van der Waals surface area contributed by atoms with Gasteiger partial charge in [-0.3, -0.25) is 0 Å². The molecule has 0 fully saturated rings. The van der Waals surface area contributed by atoms with Gasteiger partial charge in [0.05, 0.1) is 19.3 Å². The summed E-state index contributed by atoms with van der Waals surface area (Å²) in [5, 5.41) is 6.01. The van der Waals surface area contributed by atoms with E-state index in [0.717, 1.165) is 27.7 Å². The van der Waals surface area contributed by atoms with Crippen molar-refractivity contribution in [1.29, 1.82) is 0 Å². The molecule has 2 aromatic carbocycles. The maximum Gasteiger partial charge on any atom is 0.193 e. The van der Waals surface area contributed by atoms with Crippen molar-refractivity contribution in [1.82, 2.24) is 4.98 Å². The zero-order chi connectivity index (χ0) is 16.8. The van der Waals surface area contributed by atoms with Crippen molar-refractivity contribution in [3.05, 3.63) is 65.0 Å². The fraction of sp³-hybridized carbons (Fsp3) is 0.111. The second-order valence-electron chi connectivity index (χ2n) is 5.05. The minimum atomic E-state index is 0. The molecule has 0 spiro atoms. The van der Waals surface area contributed by atoms with Crippen LogP contribution in [0.4, 0.5) is 5.69 Å². The molecule has 0 amide bonds. The predicted molar refractivity (Wildman–Crippen MR) is 115 cm³/mol. The minimum absolute atomic E-state index is 0. The van der Waals surface area contributed by atoms with E-state index in [1.165, 1.54) is 0 Å². The van der Waals surface area contributed by atoms with Crippen molar-refractivity contribution < 1.29 is 4.74 Å². The number of rotatable bonds is 5. The first-order chi connectivity index (χ1) is 11.7. The second-order valence-corrected chi connectivity index (χ2v) is 5.99. The molecule has 1 aromatic heterocycles. The molecule has 5 nitrogen and oxygen atoms in total. The number of benzene rings is 2. The largest absolute Gasteiger partial charge is 0.497 e. The van der Waals surface area contributed by atoms with Gasteiger partial charge in [-0.1, -0.05) is 30.3 Å². The lowest BCUT2D eigenvalue weighted by Gasteiger charge is -2.06. The van der Waals surface area contributed by atoms with Gasteiger partial charge >= 0.3 is 0 Å². The van der Waals surface area contributed by atoms with E-state index in [4.69, 9.17) is 10.5 Å². The summed E-state index contributed by atoms with van der Waals surface area (Å²) < 4.78 is 5.12. The first-order valence-corrected chi connectivity index (χ1v) is 8.33. The number of methoxy groups -OCH3 is 1. The van der Waals surface area contributed by atoms with E-state index >= 15 is 0 Å². The van der Waals surface area contributed by atoms with E-state index in [0.29, 0.717) is 12.5 Å². The van der Waals surface area contributed by atoms with E-state index < -0.39 is 0 Å². The molecule has 7 heteroatoms. The smallest absolute Gasteiger partial charge is 0.193 e. The zero-order valence-corrected chi connectivity index (χ0v) is 16.8. The molecule has 130 valence electrons. The highest BCUT2D eigenvalue weighted by Crippen LogP contribution is 2.22. The van der Waals surface area contributed by atoms with Crippen molar-refractivity contribution >= 4 is 47.0 Å². The molecular formula is C18H19IN4OS. The standard InChI is InChI=1S/C18H18N4OS.HI/c1-23-15-9-7-14(8-10-15)21-18(19)20-11-17-22-16(12-24-17)13-5-3-2-4-6-13;/h2-10,12H,11H2,1H3,(H3,19,20,21);1H. The van der Waals surface area contributed by atoms with Crippen LogP contribution < -0.4 is 15.8 Å². The normalized spacial score (nSPS) is 10.8. The average molecular weight is 466 g/mol. The lowest BCUT2D eigenvalue weighted by atomic mass is 10.2. The Bertz CT molecular complexity index is 819. The Morgan fingerprint density at radius 3 is 2.56 bits per heavy atom. The third-order valence-corrected chi connectivity index (χ3v) is 4.20. The molecule has 0 aliphatic heterocycles. The molecule has 0 aliphatic rings. The number of hydrogen-bond donors (Lipinski definition) is 2. The van der Waals surface area contributed by atoms with Crippen molar-refractivity contribution in [2.45, 2.75) is 6.54 Å². The molecule has 0 radical (unpaired) electrons. The lowest BCUT2D eigenvalue weighted by Crippen LogP contribution is -2.22. The van der Waals surface area contributed by atoms with Gasteiger partial charge in [0.25, 0.3) is 0 Å². The van der Waals surface area contributed by atoms with E-state index in [9.17, 15) is 0 Å². The summed E-state index contributed by atoms with van der Waals surface area (Å²) in [6, 6.07) is 17.6. The molecule has 0 atom stereocenters. The molecule has 25 heavy (non-hydrogen) atoms. The fourth-order valence-electron chi connectivity index (χ4n) is 2.14. The van der Waals surface area contributed by atoms with Crippen molar-refractivity contribution in [3.8, 4) is 17.0 Å². The summed E-state index contributed by atoms with van der Waals surface area (Å²) in [5.74, 6) is 1.16. The van der Waals surface area contributed by atoms with Crippen molar-refractivity contribution in [2.75, 3.05) is 12.4 Å².